The third kappa shape index (κ3) is 8.40. The van der Waals surface area contributed by atoms with Gasteiger partial charge >= 0.3 is 10.2 Å². The SMILES string of the molecule is O=C1CCC(N2Cc3cc(CC(O)CN4CCN(c5ccc(-c6cnc7[nH]cc(C(=O)c8c(F)ccc(NS(=O)(=O)N9CC[C@@H](F)C9)c8F)c7c6)cc5)CC4)ccc3C2=O)C(=O)N1. The zero-order valence-corrected chi connectivity index (χ0v) is 34.6. The molecule has 0 saturated carbocycles. The molecule has 2 unspecified atom stereocenters. The summed E-state index contributed by atoms with van der Waals surface area (Å²) in [5, 5.41) is 13.7. The number of carbonyl (C=O) groups excluding carboxylic acids is 4. The number of aliphatic hydroxyl groups excluding tert-OH is 1. The number of hydrogen-bond acceptors (Lipinski definition) is 10. The van der Waals surface area contributed by atoms with E-state index in [1.165, 1.54) is 11.1 Å². The number of β-amino-alcohol motifs (C(OH)–C–C–N with tert-alkyl or cyclic N) is 1. The number of pyridine rings is 1. The van der Waals surface area contributed by atoms with Crippen molar-refractivity contribution in [3.05, 3.63) is 113 Å². The predicted octanol–water partition coefficient (Wildman–Crippen LogP) is 3.93. The van der Waals surface area contributed by atoms with Crippen LogP contribution < -0.4 is 14.9 Å². The molecule has 4 aliphatic heterocycles. The summed E-state index contributed by atoms with van der Waals surface area (Å²) in [4.78, 5) is 64.0. The van der Waals surface area contributed by atoms with Crippen molar-refractivity contribution in [2.45, 2.75) is 50.5 Å². The van der Waals surface area contributed by atoms with Gasteiger partial charge in [0, 0.05) is 98.9 Å². The number of amides is 3. The van der Waals surface area contributed by atoms with Crippen LogP contribution >= 0.6 is 0 Å². The molecule has 3 saturated heterocycles. The Hall–Kier alpha value is -6.15. The van der Waals surface area contributed by atoms with Gasteiger partial charge in [-0.15, -0.1) is 0 Å². The number of piperazine rings is 1. The minimum absolute atomic E-state index is 0.00612. The maximum Gasteiger partial charge on any atom is 0.301 e. The van der Waals surface area contributed by atoms with Gasteiger partial charge in [-0.25, -0.2) is 18.2 Å². The second-order valence-corrected chi connectivity index (χ2v) is 18.0. The van der Waals surface area contributed by atoms with Crippen LogP contribution in [0.3, 0.4) is 0 Å². The Morgan fingerprint density at radius 2 is 1.73 bits per heavy atom. The predicted molar refractivity (Wildman–Crippen MR) is 226 cm³/mol. The molecule has 3 fully saturated rings. The molecule has 0 spiro atoms. The summed E-state index contributed by atoms with van der Waals surface area (Å²) in [7, 11) is -4.37. The smallest absolute Gasteiger partial charge is 0.301 e. The van der Waals surface area contributed by atoms with Crippen LogP contribution in [0, 0.1) is 11.6 Å². The monoisotopic (exact) mass is 884 g/mol. The van der Waals surface area contributed by atoms with E-state index >= 15 is 8.78 Å². The number of piperidine rings is 1. The minimum atomic E-state index is -4.37. The van der Waals surface area contributed by atoms with E-state index in [4.69, 9.17) is 0 Å². The number of nitrogens with zero attached hydrogens (tertiary/aromatic N) is 5. The molecule has 9 rings (SSSR count). The Labute approximate surface area is 360 Å². The van der Waals surface area contributed by atoms with Gasteiger partial charge in [0.15, 0.2) is 5.82 Å². The molecular formula is C44H43F3N8O7S. The first-order chi connectivity index (χ1) is 30.2. The Balaban J connectivity index is 0.809. The fourth-order valence-electron chi connectivity index (χ4n) is 8.88. The largest absolute Gasteiger partial charge is 0.391 e. The Morgan fingerprint density at radius 3 is 2.46 bits per heavy atom. The van der Waals surface area contributed by atoms with Gasteiger partial charge in [-0.2, -0.15) is 12.7 Å². The van der Waals surface area contributed by atoms with Crippen molar-refractivity contribution < 1.29 is 45.9 Å². The van der Waals surface area contributed by atoms with Gasteiger partial charge in [0.2, 0.25) is 17.6 Å². The highest BCUT2D eigenvalue weighted by atomic mass is 32.2. The number of anilines is 2. The van der Waals surface area contributed by atoms with Crippen molar-refractivity contribution in [1.29, 1.82) is 0 Å². The van der Waals surface area contributed by atoms with Crippen molar-refractivity contribution in [3.63, 3.8) is 0 Å². The molecule has 15 nitrogen and oxygen atoms in total. The number of aromatic nitrogens is 2. The number of fused-ring (bicyclic) bond motifs is 2. The summed E-state index contributed by atoms with van der Waals surface area (Å²) in [6.45, 7) is 3.12. The van der Waals surface area contributed by atoms with Crippen molar-refractivity contribution in [2.75, 3.05) is 55.4 Å². The normalized spacial score (nSPS) is 20.3. The number of aromatic amines is 1. The lowest BCUT2D eigenvalue weighted by Crippen LogP contribution is -2.52. The minimum Gasteiger partial charge on any atom is -0.391 e. The van der Waals surface area contributed by atoms with Gasteiger partial charge < -0.3 is 19.9 Å². The van der Waals surface area contributed by atoms with E-state index in [1.807, 2.05) is 41.1 Å². The first-order valence-electron chi connectivity index (χ1n) is 20.7. The molecule has 0 radical (unpaired) electrons. The molecule has 3 amide bonds. The van der Waals surface area contributed by atoms with E-state index in [2.05, 4.69) is 25.1 Å². The molecule has 2 aromatic heterocycles. The van der Waals surface area contributed by atoms with Crippen LogP contribution in [0.15, 0.2) is 73.1 Å². The Morgan fingerprint density at radius 1 is 0.952 bits per heavy atom. The van der Waals surface area contributed by atoms with Gasteiger partial charge in [0.25, 0.3) is 5.91 Å². The summed E-state index contributed by atoms with van der Waals surface area (Å²) in [5.74, 6) is -4.64. The highest BCUT2D eigenvalue weighted by molar-refractivity contribution is 7.90. The van der Waals surface area contributed by atoms with Crippen LogP contribution in [0.4, 0.5) is 24.5 Å². The molecule has 4 aliphatic rings. The second-order valence-electron chi connectivity index (χ2n) is 16.4. The number of imide groups is 1. The lowest BCUT2D eigenvalue weighted by Gasteiger charge is -2.37. The van der Waals surface area contributed by atoms with Gasteiger partial charge in [-0.1, -0.05) is 24.3 Å². The fraction of sp³-hybridized carbons (Fsp3) is 0.341. The molecule has 328 valence electrons. The van der Waals surface area contributed by atoms with Gasteiger partial charge in [-0.05, 0) is 72.4 Å². The van der Waals surface area contributed by atoms with Gasteiger partial charge in [0.1, 0.15) is 23.7 Å². The highest BCUT2D eigenvalue weighted by Crippen LogP contribution is 2.32. The van der Waals surface area contributed by atoms with Crippen LogP contribution in [-0.2, 0) is 32.8 Å². The number of alkyl halides is 1. The standard InChI is InChI=1S/C44H43F3N8O7S/c45-29-11-12-54(23-29)63(61,62)51-36-8-7-35(46)39(40(36)47)41(58)34-21-49-42-33(34)19-27(20-48-42)26-2-4-30(5-3-26)53-15-13-52(14-16-53)24-31(56)18-25-1-6-32-28(17-25)22-55(44(32)60)37-9-10-38(57)50-43(37)59/h1-8,17,19-21,29,31,37,51,56H,9-16,18,22-24H2,(H,48,49)(H,50,57,59)/t29-,31?,37?/m1/s1. The van der Waals surface area contributed by atoms with Crippen LogP contribution in [0.1, 0.15) is 56.7 Å². The van der Waals surface area contributed by atoms with Gasteiger partial charge in [-0.3, -0.25) is 34.1 Å². The van der Waals surface area contributed by atoms with Crippen LogP contribution in [-0.4, -0.2) is 125 Å². The third-order valence-electron chi connectivity index (χ3n) is 12.2. The number of H-pyrrole nitrogens is 1. The number of rotatable bonds is 12. The lowest BCUT2D eigenvalue weighted by molar-refractivity contribution is -0.136. The molecule has 0 aliphatic carbocycles. The number of halogens is 3. The summed E-state index contributed by atoms with van der Waals surface area (Å²) in [6, 6.07) is 15.9. The number of hydrogen-bond donors (Lipinski definition) is 4. The first kappa shape index (κ1) is 42.2. The molecule has 63 heavy (non-hydrogen) atoms. The second kappa shape index (κ2) is 16.9. The summed E-state index contributed by atoms with van der Waals surface area (Å²) in [6.07, 6.45) is 1.78. The average molecular weight is 885 g/mol. The van der Waals surface area contributed by atoms with Crippen molar-refractivity contribution in [2.24, 2.45) is 0 Å². The maximum atomic E-state index is 15.7. The highest BCUT2D eigenvalue weighted by Gasteiger charge is 2.39. The quantitative estimate of drug-likeness (QED) is 0.106. The van der Waals surface area contributed by atoms with E-state index in [0.717, 1.165) is 65.0 Å². The first-order valence-corrected chi connectivity index (χ1v) is 22.1. The van der Waals surface area contributed by atoms with Crippen LogP contribution in [0.2, 0.25) is 0 Å². The van der Waals surface area contributed by atoms with Crippen LogP contribution in [0.5, 0.6) is 0 Å². The average Bonchev–Trinajstić information content (AvgIpc) is 3.99. The molecule has 0 bridgehead atoms. The zero-order valence-electron chi connectivity index (χ0n) is 33.8. The molecule has 19 heteroatoms. The molecular weight excluding hydrogens is 842 g/mol. The van der Waals surface area contributed by atoms with Crippen LogP contribution in [0.25, 0.3) is 22.2 Å². The number of nitrogens with one attached hydrogen (secondary N) is 3. The number of benzene rings is 3. The Bertz CT molecular complexity index is 2760. The number of carbonyl (C=O) groups is 4. The van der Waals surface area contributed by atoms with Crippen molar-refractivity contribution >= 4 is 56.1 Å². The zero-order chi connectivity index (χ0) is 44.2. The van der Waals surface area contributed by atoms with E-state index < -0.39 is 69.6 Å². The molecule has 5 aromatic rings. The topological polar surface area (TPSA) is 188 Å². The summed E-state index contributed by atoms with van der Waals surface area (Å²) in [5.41, 5.74) is 3.25. The van der Waals surface area contributed by atoms with Crippen molar-refractivity contribution in [3.8, 4) is 11.1 Å². The van der Waals surface area contributed by atoms with E-state index in [1.54, 1.807) is 18.3 Å². The maximum absolute atomic E-state index is 15.7. The summed E-state index contributed by atoms with van der Waals surface area (Å²) >= 11 is 0. The summed E-state index contributed by atoms with van der Waals surface area (Å²) < 4.78 is 73.0. The molecule has 6 heterocycles. The number of ketones is 1. The van der Waals surface area contributed by atoms with Gasteiger partial charge in [0.05, 0.1) is 17.4 Å². The Kier molecular flexibility index (Phi) is 11.3. The molecule has 3 aromatic carbocycles. The number of aliphatic hydroxyl groups is 1. The lowest BCUT2D eigenvalue weighted by atomic mass is 9.99. The van der Waals surface area contributed by atoms with E-state index in [0.29, 0.717) is 41.5 Å². The third-order valence-corrected chi connectivity index (χ3v) is 13.7. The molecule has 3 atom stereocenters. The van der Waals surface area contributed by atoms with E-state index in [-0.39, 0.29) is 43.3 Å². The van der Waals surface area contributed by atoms with E-state index in [9.17, 15) is 37.1 Å². The fourth-order valence-corrected chi connectivity index (χ4v) is 10.1. The molecule has 4 N–H and O–H groups in total. The van der Waals surface area contributed by atoms with Crippen molar-refractivity contribution in [1.82, 2.24) is 29.4 Å².